The Labute approximate surface area is 155 Å². The van der Waals surface area contributed by atoms with Crippen LogP contribution in [0.2, 0.25) is 0 Å². The first-order valence-corrected chi connectivity index (χ1v) is 9.65. The highest BCUT2D eigenvalue weighted by molar-refractivity contribution is 5.94. The van der Waals surface area contributed by atoms with Crippen LogP contribution in [0.15, 0.2) is 36.4 Å². The lowest BCUT2D eigenvalue weighted by atomic mass is 10.1. The molecule has 0 radical (unpaired) electrons. The van der Waals surface area contributed by atoms with E-state index in [4.69, 9.17) is 0 Å². The van der Waals surface area contributed by atoms with Gasteiger partial charge in [-0.25, -0.2) is 0 Å². The van der Waals surface area contributed by atoms with E-state index in [-0.39, 0.29) is 5.91 Å². The zero-order valence-electron chi connectivity index (χ0n) is 15.7. The molecule has 0 aliphatic heterocycles. The molecule has 1 aromatic heterocycles. The number of nitrogens with one attached hydrogen (secondary N) is 1. The molecule has 0 spiro atoms. The van der Waals surface area contributed by atoms with Gasteiger partial charge >= 0.3 is 0 Å². The fraction of sp³-hybridized carbons (Fsp3) is 0.455. The molecule has 136 valence electrons. The van der Waals surface area contributed by atoms with E-state index >= 15 is 0 Å². The molecule has 0 saturated heterocycles. The number of hydrogen-bond acceptors (Lipinski definition) is 3. The number of carbonyl (C=O) groups excluding carboxylic acids is 1. The topological polar surface area (TPSA) is 45.2 Å². The highest BCUT2D eigenvalue weighted by Gasteiger charge is 2.29. The molecule has 2 aliphatic rings. The van der Waals surface area contributed by atoms with Crippen LogP contribution in [0.4, 0.5) is 0 Å². The Morgan fingerprint density at radius 2 is 1.77 bits per heavy atom. The molecule has 2 saturated carbocycles. The quantitative estimate of drug-likeness (QED) is 0.828. The summed E-state index contributed by atoms with van der Waals surface area (Å²) in [5, 5.41) is 3.05. The van der Waals surface area contributed by atoms with Crippen LogP contribution in [0.5, 0.6) is 0 Å². The molecule has 1 aromatic carbocycles. The number of benzene rings is 1. The molecule has 1 amide bonds. The van der Waals surface area contributed by atoms with Crippen LogP contribution in [0.25, 0.3) is 0 Å². The van der Waals surface area contributed by atoms with Crippen LogP contribution in [-0.4, -0.2) is 27.9 Å². The summed E-state index contributed by atoms with van der Waals surface area (Å²) in [4.78, 5) is 19.3. The Morgan fingerprint density at radius 3 is 2.38 bits per heavy atom. The van der Waals surface area contributed by atoms with Gasteiger partial charge in [-0.2, -0.15) is 0 Å². The lowest BCUT2D eigenvalue weighted by Gasteiger charge is -2.23. The summed E-state index contributed by atoms with van der Waals surface area (Å²) in [6.07, 6.45) is 4.79. The molecule has 2 aromatic rings. The summed E-state index contributed by atoms with van der Waals surface area (Å²) < 4.78 is 0. The molecule has 4 heteroatoms. The van der Waals surface area contributed by atoms with Crippen molar-refractivity contribution in [3.8, 4) is 0 Å². The number of amides is 1. The third-order valence-corrected chi connectivity index (χ3v) is 5.29. The van der Waals surface area contributed by atoms with Crippen molar-refractivity contribution in [3.63, 3.8) is 0 Å². The molecule has 4 rings (SSSR count). The van der Waals surface area contributed by atoms with Crippen molar-refractivity contribution in [2.45, 2.75) is 64.7 Å². The maximum Gasteiger partial charge on any atom is 0.251 e. The Bertz CT molecular complexity index is 792. The Morgan fingerprint density at radius 1 is 1.04 bits per heavy atom. The number of aromatic nitrogens is 1. The van der Waals surface area contributed by atoms with Crippen molar-refractivity contribution >= 4 is 5.91 Å². The minimum atomic E-state index is 0.0550. The van der Waals surface area contributed by atoms with E-state index in [1.165, 1.54) is 24.0 Å². The predicted molar refractivity (Wildman–Crippen MR) is 103 cm³/mol. The maximum absolute atomic E-state index is 12.1. The average Bonchev–Trinajstić information content (AvgIpc) is 3.51. The van der Waals surface area contributed by atoms with E-state index in [2.05, 4.69) is 46.4 Å². The van der Waals surface area contributed by atoms with E-state index < -0.39 is 0 Å². The molecule has 0 bridgehead atoms. The SMILES string of the molecule is Cc1ccc(CN(Cc2ccc(C(=O)NC3CC3)cc2)C2CC2)c(C)n1. The molecule has 1 heterocycles. The summed E-state index contributed by atoms with van der Waals surface area (Å²) in [6, 6.07) is 13.5. The average molecular weight is 349 g/mol. The molecule has 0 atom stereocenters. The van der Waals surface area contributed by atoms with Gasteiger partial charge in [0, 0.05) is 42.1 Å². The van der Waals surface area contributed by atoms with Gasteiger partial charge < -0.3 is 5.32 Å². The van der Waals surface area contributed by atoms with Crippen molar-refractivity contribution in [2.75, 3.05) is 0 Å². The van der Waals surface area contributed by atoms with Crippen LogP contribution < -0.4 is 5.32 Å². The Balaban J connectivity index is 1.42. The first kappa shape index (κ1) is 17.2. The van der Waals surface area contributed by atoms with Gasteiger partial charge in [0.1, 0.15) is 0 Å². The summed E-state index contributed by atoms with van der Waals surface area (Å²) in [5.41, 5.74) is 5.53. The van der Waals surface area contributed by atoms with E-state index in [1.54, 1.807) is 0 Å². The highest BCUT2D eigenvalue weighted by Crippen LogP contribution is 2.30. The van der Waals surface area contributed by atoms with Gasteiger partial charge in [-0.3, -0.25) is 14.7 Å². The largest absolute Gasteiger partial charge is 0.349 e. The van der Waals surface area contributed by atoms with Crippen LogP contribution in [0, 0.1) is 13.8 Å². The standard InChI is InChI=1S/C22H27N3O/c1-15-3-6-19(16(2)23-15)14-25(21-11-12-21)13-17-4-7-18(8-5-17)22(26)24-20-9-10-20/h3-8,20-21H,9-14H2,1-2H3,(H,24,26). The number of rotatable bonds is 7. The normalized spacial score (nSPS) is 16.7. The van der Waals surface area contributed by atoms with Gasteiger partial charge in [-0.1, -0.05) is 18.2 Å². The summed E-state index contributed by atoms with van der Waals surface area (Å²) >= 11 is 0. The zero-order valence-corrected chi connectivity index (χ0v) is 15.7. The van der Waals surface area contributed by atoms with Gasteiger partial charge in [0.05, 0.1) is 0 Å². The van der Waals surface area contributed by atoms with Gasteiger partial charge in [0.2, 0.25) is 0 Å². The molecule has 2 aliphatic carbocycles. The maximum atomic E-state index is 12.1. The first-order valence-electron chi connectivity index (χ1n) is 9.65. The van der Waals surface area contributed by atoms with Crippen molar-refractivity contribution in [2.24, 2.45) is 0 Å². The first-order chi connectivity index (χ1) is 12.6. The Kier molecular flexibility index (Phi) is 4.77. The van der Waals surface area contributed by atoms with Crippen molar-refractivity contribution in [1.29, 1.82) is 0 Å². The molecular formula is C22H27N3O. The van der Waals surface area contributed by atoms with Crippen LogP contribution in [0.1, 0.15) is 58.6 Å². The molecule has 2 fully saturated rings. The number of carbonyl (C=O) groups is 1. The number of pyridine rings is 1. The summed E-state index contributed by atoms with van der Waals surface area (Å²) in [6.45, 7) is 5.99. The fourth-order valence-electron chi connectivity index (χ4n) is 3.35. The summed E-state index contributed by atoms with van der Waals surface area (Å²) in [5.74, 6) is 0.0550. The van der Waals surface area contributed by atoms with E-state index in [1.807, 2.05) is 19.1 Å². The third kappa shape index (κ3) is 4.31. The second kappa shape index (κ2) is 7.20. The zero-order chi connectivity index (χ0) is 18.1. The minimum Gasteiger partial charge on any atom is -0.349 e. The molecule has 4 nitrogen and oxygen atoms in total. The minimum absolute atomic E-state index is 0.0550. The molecular weight excluding hydrogens is 322 g/mol. The predicted octanol–water partition coefficient (Wildman–Crippen LogP) is 3.76. The van der Waals surface area contributed by atoms with Crippen LogP contribution >= 0.6 is 0 Å². The third-order valence-electron chi connectivity index (χ3n) is 5.29. The van der Waals surface area contributed by atoms with Gasteiger partial charge in [-0.15, -0.1) is 0 Å². The van der Waals surface area contributed by atoms with Crippen molar-refractivity contribution in [1.82, 2.24) is 15.2 Å². The number of aryl methyl sites for hydroxylation is 2. The monoisotopic (exact) mass is 349 g/mol. The lowest BCUT2D eigenvalue weighted by molar-refractivity contribution is 0.0951. The van der Waals surface area contributed by atoms with Crippen LogP contribution in [-0.2, 0) is 13.1 Å². The molecule has 26 heavy (non-hydrogen) atoms. The molecule has 0 unspecified atom stereocenters. The summed E-state index contributed by atoms with van der Waals surface area (Å²) in [7, 11) is 0. The van der Waals surface area contributed by atoms with Gasteiger partial charge in [-0.05, 0) is 68.9 Å². The van der Waals surface area contributed by atoms with Crippen LogP contribution in [0.3, 0.4) is 0 Å². The van der Waals surface area contributed by atoms with Gasteiger partial charge in [0.15, 0.2) is 0 Å². The molecule has 1 N–H and O–H groups in total. The second-order valence-electron chi connectivity index (χ2n) is 7.78. The van der Waals surface area contributed by atoms with Crippen molar-refractivity contribution < 1.29 is 4.79 Å². The highest BCUT2D eigenvalue weighted by atomic mass is 16.1. The lowest BCUT2D eigenvalue weighted by Crippen LogP contribution is -2.26. The number of hydrogen-bond donors (Lipinski definition) is 1. The van der Waals surface area contributed by atoms with Gasteiger partial charge in [0.25, 0.3) is 5.91 Å². The van der Waals surface area contributed by atoms with E-state index in [0.717, 1.165) is 42.9 Å². The van der Waals surface area contributed by atoms with E-state index in [9.17, 15) is 4.79 Å². The van der Waals surface area contributed by atoms with E-state index in [0.29, 0.717) is 12.1 Å². The fourth-order valence-corrected chi connectivity index (χ4v) is 3.35. The Hall–Kier alpha value is -2.20. The smallest absolute Gasteiger partial charge is 0.251 e. The van der Waals surface area contributed by atoms with Crippen molar-refractivity contribution in [3.05, 3.63) is 64.5 Å². The number of nitrogens with zero attached hydrogens (tertiary/aromatic N) is 2. The second-order valence-corrected chi connectivity index (χ2v) is 7.78.